The third-order valence-corrected chi connectivity index (χ3v) is 2.78. The molecule has 0 bridgehead atoms. The van der Waals surface area contributed by atoms with Crippen LogP contribution < -0.4 is 0 Å². The van der Waals surface area contributed by atoms with Gasteiger partial charge in [0.15, 0.2) is 0 Å². The Bertz CT molecular complexity index is 438. The van der Waals surface area contributed by atoms with Crippen molar-refractivity contribution in [1.29, 1.82) is 0 Å². The summed E-state index contributed by atoms with van der Waals surface area (Å²) in [5.41, 5.74) is 5.50. The average molecular weight is 244 g/mol. The third kappa shape index (κ3) is 4.75. The van der Waals surface area contributed by atoms with Gasteiger partial charge >= 0.3 is 0 Å². The molecule has 2 rings (SSSR count). The van der Waals surface area contributed by atoms with E-state index in [9.17, 15) is 0 Å². The van der Waals surface area contributed by atoms with Crippen LogP contribution in [0.4, 0.5) is 0 Å². The molecule has 0 fully saturated rings. The molecule has 0 unspecified atom stereocenters. The quantitative estimate of drug-likeness (QED) is 0.626. The predicted octanol–water partition coefficient (Wildman–Crippen LogP) is 5.80. The highest BCUT2D eigenvalue weighted by molar-refractivity contribution is 5.32. The van der Waals surface area contributed by atoms with Gasteiger partial charge in [0.1, 0.15) is 0 Å². The highest BCUT2D eigenvalue weighted by Crippen LogP contribution is 2.13. The maximum absolute atomic E-state index is 2.21. The molecule has 2 aromatic rings. The van der Waals surface area contributed by atoms with Crippen LogP contribution in [-0.2, 0) is 6.42 Å². The molecule has 18 heavy (non-hydrogen) atoms. The van der Waals surface area contributed by atoms with Gasteiger partial charge in [0.2, 0.25) is 0 Å². The summed E-state index contributed by atoms with van der Waals surface area (Å²) in [6.45, 7) is 4.29. The van der Waals surface area contributed by atoms with Gasteiger partial charge < -0.3 is 0 Å². The van der Waals surface area contributed by atoms with E-state index >= 15 is 0 Å². The Labute approximate surface area is 114 Å². The van der Waals surface area contributed by atoms with Crippen molar-refractivity contribution >= 4 is 0 Å². The van der Waals surface area contributed by atoms with Crippen molar-refractivity contribution in [2.24, 2.45) is 0 Å². The molecule has 0 heterocycles. The molecule has 0 saturated heterocycles. The topological polar surface area (TPSA) is 0 Å². The van der Waals surface area contributed by atoms with Gasteiger partial charge in [-0.25, -0.2) is 0 Å². The first-order chi connectivity index (χ1) is 7.25. The summed E-state index contributed by atoms with van der Waals surface area (Å²) < 4.78 is 0. The molecule has 0 atom stereocenters. The van der Waals surface area contributed by atoms with Crippen molar-refractivity contribution in [3.05, 3.63) is 70.8 Å². The average Bonchev–Trinajstić information content (AvgIpc) is 2.25. The summed E-state index contributed by atoms with van der Waals surface area (Å²) >= 11 is 0. The molecule has 0 spiro atoms. The van der Waals surface area contributed by atoms with Crippen molar-refractivity contribution in [2.45, 2.75) is 42.5 Å². The second-order valence-electron chi connectivity index (χ2n) is 4.09. The lowest BCUT2D eigenvalue weighted by atomic mass is 10.0. The molecule has 100 valence electrons. The van der Waals surface area contributed by atoms with Crippen LogP contribution in [0.15, 0.2) is 48.5 Å². The molecule has 0 saturated carbocycles. The molecule has 0 aliphatic carbocycles. The second kappa shape index (κ2) is 8.52. The standard InChI is InChI=1S/C15H16.3CH4/c1-12-7-9-14(10-8-12)11-15-6-4-3-5-13(15)2;;;/h3-10H,11H2,1-2H3;3*1H4. The Morgan fingerprint density at radius 3 is 1.83 bits per heavy atom. The van der Waals surface area contributed by atoms with E-state index in [0.717, 1.165) is 6.42 Å². The Morgan fingerprint density at radius 1 is 0.722 bits per heavy atom. The van der Waals surface area contributed by atoms with E-state index in [0.29, 0.717) is 0 Å². The largest absolute Gasteiger partial charge is 0.0776 e. The summed E-state index contributed by atoms with van der Waals surface area (Å²) in [5.74, 6) is 0. The van der Waals surface area contributed by atoms with Gasteiger partial charge in [0.05, 0.1) is 0 Å². The van der Waals surface area contributed by atoms with Gasteiger partial charge in [0.25, 0.3) is 0 Å². The summed E-state index contributed by atoms with van der Waals surface area (Å²) in [6, 6.07) is 17.3. The van der Waals surface area contributed by atoms with Gasteiger partial charge in [-0.3, -0.25) is 0 Å². The van der Waals surface area contributed by atoms with Crippen molar-refractivity contribution < 1.29 is 0 Å². The lowest BCUT2D eigenvalue weighted by Gasteiger charge is -2.05. The van der Waals surface area contributed by atoms with Crippen molar-refractivity contribution in [2.75, 3.05) is 0 Å². The molecular weight excluding hydrogens is 216 g/mol. The molecule has 0 N–H and O–H groups in total. The molecule has 0 aliphatic rings. The number of aryl methyl sites for hydroxylation is 2. The number of hydrogen-bond donors (Lipinski definition) is 0. The highest BCUT2D eigenvalue weighted by Gasteiger charge is 1.98. The van der Waals surface area contributed by atoms with Crippen molar-refractivity contribution in [3.8, 4) is 0 Å². The fraction of sp³-hybridized carbons (Fsp3) is 0.333. The molecule has 0 heteroatoms. The molecule has 2 aromatic carbocycles. The third-order valence-electron chi connectivity index (χ3n) is 2.78. The van der Waals surface area contributed by atoms with E-state index in [1.54, 1.807) is 0 Å². The molecule has 0 radical (unpaired) electrons. The number of benzene rings is 2. The first-order valence-corrected chi connectivity index (χ1v) is 5.36. The summed E-state index contributed by atoms with van der Waals surface area (Å²) in [5, 5.41) is 0. The number of hydrogen-bond acceptors (Lipinski definition) is 0. The Balaban J connectivity index is 0. The SMILES string of the molecule is C.C.C.Cc1ccc(Cc2ccccc2C)cc1. The Morgan fingerprint density at radius 2 is 1.28 bits per heavy atom. The van der Waals surface area contributed by atoms with E-state index in [1.165, 1.54) is 22.3 Å². The fourth-order valence-corrected chi connectivity index (χ4v) is 1.73. The van der Waals surface area contributed by atoms with E-state index in [1.807, 2.05) is 0 Å². The number of rotatable bonds is 2. The van der Waals surface area contributed by atoms with Crippen LogP contribution >= 0.6 is 0 Å². The zero-order valence-electron chi connectivity index (χ0n) is 9.33. The maximum atomic E-state index is 2.21. The molecular formula is C18H28. The Kier molecular flexibility index (Phi) is 8.90. The summed E-state index contributed by atoms with van der Waals surface area (Å²) in [6.07, 6.45) is 1.03. The van der Waals surface area contributed by atoms with E-state index in [-0.39, 0.29) is 22.3 Å². The van der Waals surface area contributed by atoms with Gasteiger partial charge in [-0.1, -0.05) is 76.4 Å². The summed E-state index contributed by atoms with van der Waals surface area (Å²) in [7, 11) is 0. The van der Waals surface area contributed by atoms with E-state index in [4.69, 9.17) is 0 Å². The van der Waals surface area contributed by atoms with Crippen molar-refractivity contribution in [1.82, 2.24) is 0 Å². The minimum absolute atomic E-state index is 0. The van der Waals surface area contributed by atoms with E-state index in [2.05, 4.69) is 62.4 Å². The van der Waals surface area contributed by atoms with Crippen LogP contribution in [0.25, 0.3) is 0 Å². The van der Waals surface area contributed by atoms with Crippen LogP contribution in [-0.4, -0.2) is 0 Å². The predicted molar refractivity (Wildman–Crippen MR) is 85.4 cm³/mol. The van der Waals surface area contributed by atoms with Gasteiger partial charge in [-0.2, -0.15) is 0 Å². The van der Waals surface area contributed by atoms with Crippen LogP contribution in [0, 0.1) is 13.8 Å². The van der Waals surface area contributed by atoms with Crippen LogP contribution in [0.1, 0.15) is 44.5 Å². The van der Waals surface area contributed by atoms with Crippen molar-refractivity contribution in [3.63, 3.8) is 0 Å². The molecule has 0 aliphatic heterocycles. The highest BCUT2D eigenvalue weighted by atomic mass is 14.0. The second-order valence-corrected chi connectivity index (χ2v) is 4.09. The zero-order chi connectivity index (χ0) is 10.7. The minimum Gasteiger partial charge on any atom is -0.0776 e. The van der Waals surface area contributed by atoms with Gasteiger partial charge in [0, 0.05) is 0 Å². The zero-order valence-corrected chi connectivity index (χ0v) is 9.33. The Hall–Kier alpha value is -1.56. The lowest BCUT2D eigenvalue weighted by Crippen LogP contribution is -1.91. The lowest BCUT2D eigenvalue weighted by molar-refractivity contribution is 1.15. The monoisotopic (exact) mass is 244 g/mol. The van der Waals surface area contributed by atoms with Crippen LogP contribution in [0.3, 0.4) is 0 Å². The van der Waals surface area contributed by atoms with Crippen LogP contribution in [0.2, 0.25) is 0 Å². The normalized spacial score (nSPS) is 8.56. The van der Waals surface area contributed by atoms with Gasteiger partial charge in [-0.15, -0.1) is 0 Å². The molecule has 0 amide bonds. The minimum atomic E-state index is 0. The summed E-state index contributed by atoms with van der Waals surface area (Å²) in [4.78, 5) is 0. The first-order valence-electron chi connectivity index (χ1n) is 5.36. The van der Waals surface area contributed by atoms with E-state index < -0.39 is 0 Å². The maximum Gasteiger partial charge on any atom is -0.00231 e. The fourth-order valence-electron chi connectivity index (χ4n) is 1.73. The van der Waals surface area contributed by atoms with Gasteiger partial charge in [-0.05, 0) is 37.0 Å². The smallest absolute Gasteiger partial charge is 0.00231 e. The van der Waals surface area contributed by atoms with Crippen LogP contribution in [0.5, 0.6) is 0 Å². The molecule has 0 aromatic heterocycles. The first kappa shape index (κ1) is 18.8. The molecule has 0 nitrogen and oxygen atoms in total.